The maximum absolute atomic E-state index is 12.5. The number of rotatable bonds is 5. The molecule has 2 N–H and O–H groups in total. The predicted molar refractivity (Wildman–Crippen MR) is 104 cm³/mol. The number of aromatic nitrogens is 1. The van der Waals surface area contributed by atoms with Crippen LogP contribution in [0.2, 0.25) is 0 Å². The molecular formula is C19H20N2O3S2. The predicted octanol–water partition coefficient (Wildman–Crippen LogP) is 2.91. The van der Waals surface area contributed by atoms with Crippen LogP contribution in [0.4, 0.5) is 0 Å². The van der Waals surface area contributed by atoms with Crippen molar-refractivity contribution in [2.45, 2.75) is 12.3 Å². The summed E-state index contributed by atoms with van der Waals surface area (Å²) in [6.45, 7) is 0.456. The molecule has 1 saturated heterocycles. The Morgan fingerprint density at radius 2 is 2.12 bits per heavy atom. The second-order valence-electron chi connectivity index (χ2n) is 6.70. The Bertz CT molecular complexity index is 1020. The summed E-state index contributed by atoms with van der Waals surface area (Å²) in [6.07, 6.45) is 2.42. The first-order chi connectivity index (χ1) is 12.5. The molecule has 1 aliphatic rings. The van der Waals surface area contributed by atoms with Crippen LogP contribution in [0.25, 0.3) is 10.9 Å². The van der Waals surface area contributed by atoms with Crippen LogP contribution in [0.5, 0.6) is 0 Å². The van der Waals surface area contributed by atoms with E-state index in [9.17, 15) is 13.2 Å². The van der Waals surface area contributed by atoms with E-state index in [2.05, 4.69) is 22.4 Å². The Labute approximate surface area is 156 Å². The summed E-state index contributed by atoms with van der Waals surface area (Å²) in [5, 5.41) is 6.17. The number of benzene rings is 1. The van der Waals surface area contributed by atoms with E-state index in [4.69, 9.17) is 0 Å². The SMILES string of the molecule is O=C(NCC(c1cccs1)c1c[nH]c2ccccc12)C1CCS(=O)(=O)C1. The largest absolute Gasteiger partial charge is 0.361 e. The highest BCUT2D eigenvalue weighted by Gasteiger charge is 2.33. The first-order valence-corrected chi connectivity index (χ1v) is 11.3. The lowest BCUT2D eigenvalue weighted by Gasteiger charge is -2.18. The zero-order chi connectivity index (χ0) is 18.1. The lowest BCUT2D eigenvalue weighted by Crippen LogP contribution is -2.34. The number of carbonyl (C=O) groups is 1. The number of fused-ring (bicyclic) bond motifs is 1. The molecule has 136 valence electrons. The Morgan fingerprint density at radius 3 is 2.85 bits per heavy atom. The van der Waals surface area contributed by atoms with Gasteiger partial charge in [-0.1, -0.05) is 24.3 Å². The number of H-pyrrole nitrogens is 1. The highest BCUT2D eigenvalue weighted by atomic mass is 32.2. The van der Waals surface area contributed by atoms with Gasteiger partial charge in [0.15, 0.2) is 9.84 Å². The second kappa shape index (κ2) is 6.89. The van der Waals surface area contributed by atoms with Gasteiger partial charge in [-0.3, -0.25) is 4.79 Å². The Kier molecular flexibility index (Phi) is 4.58. The van der Waals surface area contributed by atoms with E-state index < -0.39 is 15.8 Å². The number of para-hydroxylation sites is 1. The van der Waals surface area contributed by atoms with Crippen LogP contribution in [0.15, 0.2) is 48.0 Å². The van der Waals surface area contributed by atoms with E-state index >= 15 is 0 Å². The lowest BCUT2D eigenvalue weighted by atomic mass is 9.96. The van der Waals surface area contributed by atoms with Crippen molar-refractivity contribution >= 4 is 38.0 Å². The third-order valence-electron chi connectivity index (χ3n) is 4.97. The van der Waals surface area contributed by atoms with Crippen molar-refractivity contribution < 1.29 is 13.2 Å². The highest BCUT2D eigenvalue weighted by molar-refractivity contribution is 7.91. The minimum absolute atomic E-state index is 0.0322. The fraction of sp³-hybridized carbons (Fsp3) is 0.316. The molecular weight excluding hydrogens is 368 g/mol. The summed E-state index contributed by atoms with van der Waals surface area (Å²) in [5.74, 6) is -0.468. The first-order valence-electron chi connectivity index (χ1n) is 8.61. The maximum atomic E-state index is 12.5. The van der Waals surface area contributed by atoms with E-state index in [1.165, 1.54) is 4.88 Å². The molecule has 7 heteroatoms. The van der Waals surface area contributed by atoms with Gasteiger partial charge < -0.3 is 10.3 Å². The molecule has 1 fully saturated rings. The maximum Gasteiger partial charge on any atom is 0.224 e. The molecule has 1 aliphatic heterocycles. The molecule has 1 amide bonds. The fourth-order valence-electron chi connectivity index (χ4n) is 3.58. The van der Waals surface area contributed by atoms with Gasteiger partial charge in [0.25, 0.3) is 0 Å². The highest BCUT2D eigenvalue weighted by Crippen LogP contribution is 2.33. The molecule has 0 bridgehead atoms. The van der Waals surface area contributed by atoms with E-state index in [0.29, 0.717) is 13.0 Å². The van der Waals surface area contributed by atoms with Gasteiger partial charge in [-0.15, -0.1) is 11.3 Å². The molecule has 0 aliphatic carbocycles. The minimum atomic E-state index is -3.06. The smallest absolute Gasteiger partial charge is 0.224 e. The Hall–Kier alpha value is -2.12. The molecule has 1 aromatic carbocycles. The van der Waals surface area contributed by atoms with Gasteiger partial charge in [-0.25, -0.2) is 8.42 Å². The standard InChI is InChI=1S/C19H20N2O3S2/c22-19(13-7-9-26(23,24)12-13)21-11-16(18-6-3-8-25-18)15-10-20-17-5-2-1-4-14(15)17/h1-6,8,10,13,16,20H,7,9,11-12H2,(H,21,22). The molecule has 5 nitrogen and oxygen atoms in total. The van der Waals surface area contributed by atoms with Crippen LogP contribution in [0.3, 0.4) is 0 Å². The van der Waals surface area contributed by atoms with E-state index in [1.54, 1.807) is 11.3 Å². The first kappa shape index (κ1) is 17.3. The van der Waals surface area contributed by atoms with Crippen molar-refractivity contribution in [2.75, 3.05) is 18.1 Å². The molecule has 2 unspecified atom stereocenters. The summed E-state index contributed by atoms with van der Waals surface area (Å²) in [5.41, 5.74) is 2.21. The van der Waals surface area contributed by atoms with Crippen LogP contribution < -0.4 is 5.32 Å². The van der Waals surface area contributed by atoms with Crippen LogP contribution >= 0.6 is 11.3 Å². The van der Waals surface area contributed by atoms with Crippen molar-refractivity contribution in [3.05, 3.63) is 58.4 Å². The van der Waals surface area contributed by atoms with Crippen LogP contribution in [0.1, 0.15) is 22.8 Å². The summed E-state index contributed by atoms with van der Waals surface area (Å²) < 4.78 is 23.2. The van der Waals surface area contributed by atoms with Crippen molar-refractivity contribution in [1.82, 2.24) is 10.3 Å². The number of hydrogen-bond acceptors (Lipinski definition) is 4. The Morgan fingerprint density at radius 1 is 1.27 bits per heavy atom. The van der Waals surface area contributed by atoms with Crippen molar-refractivity contribution in [2.24, 2.45) is 5.92 Å². The van der Waals surface area contributed by atoms with E-state index in [1.807, 2.05) is 35.8 Å². The summed E-state index contributed by atoms with van der Waals surface area (Å²) in [6, 6.07) is 12.2. The molecule has 3 heterocycles. The normalized spacial score (nSPS) is 20.2. The molecule has 4 rings (SSSR count). The average Bonchev–Trinajstić information content (AvgIpc) is 3.35. The molecule has 26 heavy (non-hydrogen) atoms. The molecule has 2 atom stereocenters. The third kappa shape index (κ3) is 3.41. The van der Waals surface area contributed by atoms with Crippen molar-refractivity contribution in [3.8, 4) is 0 Å². The molecule has 0 radical (unpaired) electrons. The molecule has 2 aromatic heterocycles. The Balaban J connectivity index is 1.56. The summed E-state index contributed by atoms with van der Waals surface area (Å²) >= 11 is 1.66. The monoisotopic (exact) mass is 388 g/mol. The van der Waals surface area contributed by atoms with Gasteiger partial charge in [0.05, 0.1) is 17.4 Å². The zero-order valence-electron chi connectivity index (χ0n) is 14.1. The number of hydrogen-bond donors (Lipinski definition) is 2. The summed E-state index contributed by atoms with van der Waals surface area (Å²) in [7, 11) is -3.06. The summed E-state index contributed by atoms with van der Waals surface area (Å²) in [4.78, 5) is 16.9. The van der Waals surface area contributed by atoms with Gasteiger partial charge in [0.2, 0.25) is 5.91 Å². The van der Waals surface area contributed by atoms with Crippen molar-refractivity contribution in [1.29, 1.82) is 0 Å². The van der Waals surface area contributed by atoms with Gasteiger partial charge in [-0.2, -0.15) is 0 Å². The number of nitrogens with one attached hydrogen (secondary N) is 2. The fourth-order valence-corrected chi connectivity index (χ4v) is 6.17. The van der Waals surface area contributed by atoms with Crippen LogP contribution in [0, 0.1) is 5.92 Å². The lowest BCUT2D eigenvalue weighted by molar-refractivity contribution is -0.124. The number of aromatic amines is 1. The molecule has 0 saturated carbocycles. The number of thiophene rings is 1. The topological polar surface area (TPSA) is 79.0 Å². The number of amides is 1. The van der Waals surface area contributed by atoms with Gasteiger partial charge >= 0.3 is 0 Å². The second-order valence-corrected chi connectivity index (χ2v) is 9.91. The van der Waals surface area contributed by atoms with Gasteiger partial charge in [-0.05, 0) is 29.5 Å². The number of sulfone groups is 1. The van der Waals surface area contributed by atoms with Crippen molar-refractivity contribution in [3.63, 3.8) is 0 Å². The molecule has 3 aromatic rings. The average molecular weight is 389 g/mol. The van der Waals surface area contributed by atoms with Gasteiger partial charge in [0, 0.05) is 34.4 Å². The third-order valence-corrected chi connectivity index (χ3v) is 7.72. The molecule has 0 spiro atoms. The zero-order valence-corrected chi connectivity index (χ0v) is 15.8. The quantitative estimate of drug-likeness (QED) is 0.705. The van der Waals surface area contributed by atoms with E-state index in [0.717, 1.165) is 16.5 Å². The minimum Gasteiger partial charge on any atom is -0.361 e. The van der Waals surface area contributed by atoms with Crippen LogP contribution in [-0.2, 0) is 14.6 Å². The van der Waals surface area contributed by atoms with E-state index in [-0.39, 0.29) is 23.3 Å². The van der Waals surface area contributed by atoms with Gasteiger partial charge in [0.1, 0.15) is 0 Å². The number of carbonyl (C=O) groups excluding carboxylic acids is 1. The van der Waals surface area contributed by atoms with Crippen LogP contribution in [-0.4, -0.2) is 37.4 Å².